The molecule has 0 saturated carbocycles. The van der Waals surface area contributed by atoms with E-state index in [-0.39, 0.29) is 5.78 Å². The predicted molar refractivity (Wildman–Crippen MR) is 61.5 cm³/mol. The molecular formula is C13H15NO. The molecule has 0 aliphatic rings. The first-order valence-corrected chi connectivity index (χ1v) is 4.90. The Morgan fingerprint density at radius 3 is 2.67 bits per heavy atom. The van der Waals surface area contributed by atoms with Crippen molar-refractivity contribution in [2.45, 2.75) is 6.42 Å². The third-order valence-electron chi connectivity index (χ3n) is 2.05. The molecule has 0 saturated heterocycles. The summed E-state index contributed by atoms with van der Waals surface area (Å²) in [6, 6.07) is 9.73. The number of hydrogen-bond donors (Lipinski definition) is 0. The van der Waals surface area contributed by atoms with Gasteiger partial charge in [-0.1, -0.05) is 36.3 Å². The molecule has 0 unspecified atom stereocenters. The van der Waals surface area contributed by atoms with Crippen molar-refractivity contribution in [2.24, 2.45) is 0 Å². The highest BCUT2D eigenvalue weighted by atomic mass is 16.1. The maximum absolute atomic E-state index is 11.6. The summed E-state index contributed by atoms with van der Waals surface area (Å²) >= 11 is 0. The van der Waals surface area contributed by atoms with Crippen LogP contribution in [0, 0.1) is 12.3 Å². The molecule has 2 nitrogen and oxygen atoms in total. The van der Waals surface area contributed by atoms with Crippen LogP contribution in [-0.2, 0) is 11.2 Å². The number of likely N-dealkylation sites (N-methyl/N-ethyl adjacent to an activating group) is 1. The zero-order valence-electron chi connectivity index (χ0n) is 8.94. The minimum atomic E-state index is 0.193. The van der Waals surface area contributed by atoms with Gasteiger partial charge in [0, 0.05) is 6.42 Å². The topological polar surface area (TPSA) is 20.3 Å². The zero-order valence-corrected chi connectivity index (χ0v) is 8.94. The monoisotopic (exact) mass is 201 g/mol. The highest BCUT2D eigenvalue weighted by Gasteiger charge is 2.06. The number of carbonyl (C=O) groups excluding carboxylic acids is 1. The molecule has 0 atom stereocenters. The summed E-state index contributed by atoms with van der Waals surface area (Å²) in [5.74, 6) is 2.70. The fourth-order valence-electron chi connectivity index (χ4n) is 1.39. The number of carbonyl (C=O) groups is 1. The normalized spacial score (nSPS) is 9.93. The van der Waals surface area contributed by atoms with Gasteiger partial charge in [0.15, 0.2) is 5.78 Å². The lowest BCUT2D eigenvalue weighted by molar-refractivity contribution is -0.119. The van der Waals surface area contributed by atoms with E-state index in [1.54, 1.807) is 0 Å². The molecule has 0 N–H and O–H groups in total. The number of Topliss-reactive ketones (excluding diaryl/α,β-unsaturated/α-hetero) is 1. The van der Waals surface area contributed by atoms with Gasteiger partial charge >= 0.3 is 0 Å². The Labute approximate surface area is 90.9 Å². The second kappa shape index (κ2) is 6.00. The molecule has 0 radical (unpaired) electrons. The Hall–Kier alpha value is -1.59. The van der Waals surface area contributed by atoms with Gasteiger partial charge in [-0.05, 0) is 12.6 Å². The number of hydrogen-bond acceptors (Lipinski definition) is 2. The molecule has 0 bridgehead atoms. The standard InChI is InChI=1S/C13H15NO/c1-3-9-14(2)11-13(15)10-12-7-5-4-6-8-12/h1,4-8H,9-11H2,2H3. The van der Waals surface area contributed by atoms with Gasteiger partial charge in [0.05, 0.1) is 13.1 Å². The van der Waals surface area contributed by atoms with Crippen molar-refractivity contribution >= 4 is 5.78 Å². The minimum absolute atomic E-state index is 0.193. The largest absolute Gasteiger partial charge is 0.298 e. The van der Waals surface area contributed by atoms with E-state index >= 15 is 0 Å². The Morgan fingerprint density at radius 2 is 2.07 bits per heavy atom. The van der Waals surface area contributed by atoms with Crippen molar-refractivity contribution in [3.8, 4) is 12.3 Å². The summed E-state index contributed by atoms with van der Waals surface area (Å²) in [4.78, 5) is 13.4. The van der Waals surface area contributed by atoms with Crippen LogP contribution in [-0.4, -0.2) is 30.8 Å². The van der Waals surface area contributed by atoms with Crippen molar-refractivity contribution in [3.63, 3.8) is 0 Å². The van der Waals surface area contributed by atoms with Gasteiger partial charge in [-0.25, -0.2) is 0 Å². The first kappa shape index (κ1) is 11.5. The smallest absolute Gasteiger partial charge is 0.151 e. The summed E-state index contributed by atoms with van der Waals surface area (Å²) < 4.78 is 0. The van der Waals surface area contributed by atoms with Crippen molar-refractivity contribution in [1.29, 1.82) is 0 Å². The number of terminal acetylenes is 1. The van der Waals surface area contributed by atoms with Crippen LogP contribution in [0.25, 0.3) is 0 Å². The summed E-state index contributed by atoms with van der Waals surface area (Å²) in [6.45, 7) is 0.930. The van der Waals surface area contributed by atoms with Crippen LogP contribution < -0.4 is 0 Å². The third-order valence-corrected chi connectivity index (χ3v) is 2.05. The molecule has 0 spiro atoms. The first-order valence-electron chi connectivity index (χ1n) is 4.90. The Bertz CT molecular complexity index is 351. The molecule has 0 heterocycles. The minimum Gasteiger partial charge on any atom is -0.298 e. The van der Waals surface area contributed by atoms with E-state index in [1.165, 1.54) is 0 Å². The van der Waals surface area contributed by atoms with Crippen molar-refractivity contribution < 1.29 is 4.79 Å². The number of benzene rings is 1. The summed E-state index contributed by atoms with van der Waals surface area (Å²) in [5, 5.41) is 0. The van der Waals surface area contributed by atoms with E-state index in [4.69, 9.17) is 6.42 Å². The van der Waals surface area contributed by atoms with Gasteiger partial charge in [-0.2, -0.15) is 0 Å². The molecule has 15 heavy (non-hydrogen) atoms. The van der Waals surface area contributed by atoms with Crippen LogP contribution in [0.15, 0.2) is 30.3 Å². The van der Waals surface area contributed by atoms with Crippen LogP contribution in [0.5, 0.6) is 0 Å². The van der Waals surface area contributed by atoms with Crippen molar-refractivity contribution in [3.05, 3.63) is 35.9 Å². The average molecular weight is 201 g/mol. The predicted octanol–water partition coefficient (Wildman–Crippen LogP) is 1.36. The SMILES string of the molecule is C#CCN(C)CC(=O)Cc1ccccc1. The fourth-order valence-corrected chi connectivity index (χ4v) is 1.39. The molecule has 78 valence electrons. The maximum atomic E-state index is 11.6. The molecule has 0 aliphatic heterocycles. The molecule has 1 rings (SSSR count). The van der Waals surface area contributed by atoms with E-state index in [0.717, 1.165) is 5.56 Å². The highest BCUT2D eigenvalue weighted by molar-refractivity contribution is 5.82. The third kappa shape index (κ3) is 4.44. The van der Waals surface area contributed by atoms with Crippen LogP contribution in [0.3, 0.4) is 0 Å². The highest BCUT2D eigenvalue weighted by Crippen LogP contribution is 2.00. The first-order chi connectivity index (χ1) is 7.22. The number of ketones is 1. The molecule has 1 aromatic carbocycles. The van der Waals surface area contributed by atoms with E-state index in [2.05, 4.69) is 5.92 Å². The summed E-state index contributed by atoms with van der Waals surface area (Å²) in [5.41, 5.74) is 1.05. The average Bonchev–Trinajstić information content (AvgIpc) is 2.19. The molecule has 0 fully saturated rings. The van der Waals surface area contributed by atoms with Crippen LogP contribution in [0.4, 0.5) is 0 Å². The Balaban J connectivity index is 2.41. The molecule has 0 aliphatic carbocycles. The van der Waals surface area contributed by atoms with Crippen LogP contribution in [0.2, 0.25) is 0 Å². The molecular weight excluding hydrogens is 186 g/mol. The summed E-state index contributed by atoms with van der Waals surface area (Å²) in [7, 11) is 1.85. The van der Waals surface area contributed by atoms with Gasteiger partial charge in [0.1, 0.15) is 0 Å². The lowest BCUT2D eigenvalue weighted by Crippen LogP contribution is -2.27. The second-order valence-electron chi connectivity index (χ2n) is 3.58. The Morgan fingerprint density at radius 1 is 1.40 bits per heavy atom. The van der Waals surface area contributed by atoms with Gasteiger partial charge in [-0.15, -0.1) is 6.42 Å². The maximum Gasteiger partial charge on any atom is 0.151 e. The quantitative estimate of drug-likeness (QED) is 0.670. The van der Waals surface area contributed by atoms with Crippen molar-refractivity contribution in [1.82, 2.24) is 4.90 Å². The number of nitrogens with zero attached hydrogens (tertiary/aromatic N) is 1. The second-order valence-corrected chi connectivity index (χ2v) is 3.58. The zero-order chi connectivity index (χ0) is 11.1. The van der Waals surface area contributed by atoms with Gasteiger partial charge in [0.25, 0.3) is 0 Å². The molecule has 1 aromatic rings. The molecule has 0 aromatic heterocycles. The fraction of sp³-hybridized carbons (Fsp3) is 0.308. The van der Waals surface area contributed by atoms with Crippen LogP contribution in [0.1, 0.15) is 5.56 Å². The Kier molecular flexibility index (Phi) is 4.59. The van der Waals surface area contributed by atoms with Crippen molar-refractivity contribution in [2.75, 3.05) is 20.1 Å². The van der Waals surface area contributed by atoms with Gasteiger partial charge in [-0.3, -0.25) is 9.69 Å². The lowest BCUT2D eigenvalue weighted by Gasteiger charge is -2.11. The van der Waals surface area contributed by atoms with E-state index in [9.17, 15) is 4.79 Å². The number of rotatable bonds is 5. The molecule has 0 amide bonds. The molecule has 2 heteroatoms. The van der Waals surface area contributed by atoms with Crippen LogP contribution >= 0.6 is 0 Å². The van der Waals surface area contributed by atoms with Gasteiger partial charge < -0.3 is 0 Å². The summed E-state index contributed by atoms with van der Waals surface area (Å²) in [6.07, 6.45) is 5.64. The van der Waals surface area contributed by atoms with E-state index in [0.29, 0.717) is 19.5 Å². The van der Waals surface area contributed by atoms with E-state index in [1.807, 2.05) is 42.3 Å². The van der Waals surface area contributed by atoms with Gasteiger partial charge in [0.2, 0.25) is 0 Å². The lowest BCUT2D eigenvalue weighted by atomic mass is 10.1. The van der Waals surface area contributed by atoms with E-state index < -0.39 is 0 Å².